The smallest absolute Gasteiger partial charge is 0.426 e. The molecule has 0 rings (SSSR count). The minimum absolute atomic E-state index is 0.103. The van der Waals surface area contributed by atoms with Crippen LogP contribution < -0.4 is 10.9 Å². The predicted molar refractivity (Wildman–Crippen MR) is 45.2 cm³/mol. The second-order valence-corrected chi connectivity index (χ2v) is 2.50. The summed E-state index contributed by atoms with van der Waals surface area (Å²) in [5.74, 6) is -0.919. The first-order valence-corrected chi connectivity index (χ1v) is 4.21. The van der Waals surface area contributed by atoms with Gasteiger partial charge in [0.05, 0.1) is 6.61 Å². The number of carbonyl (C=O) groups is 2. The average Bonchev–Trinajstić information content (AvgIpc) is 2.13. The van der Waals surface area contributed by atoms with Crippen LogP contribution >= 0.6 is 0 Å². The molecular weight excluding hydrogens is 233 g/mol. The first-order chi connectivity index (χ1) is 7.35. The van der Waals surface area contributed by atoms with Crippen LogP contribution in [0.15, 0.2) is 0 Å². The van der Waals surface area contributed by atoms with Crippen LogP contribution in [0.2, 0.25) is 0 Å². The van der Waals surface area contributed by atoms with Crippen LogP contribution in [0.4, 0.5) is 18.0 Å². The third-order valence-electron chi connectivity index (χ3n) is 1.08. The van der Waals surface area contributed by atoms with Crippen LogP contribution in [-0.2, 0) is 14.3 Å². The first kappa shape index (κ1) is 14.5. The lowest BCUT2D eigenvalue weighted by molar-refractivity contribution is -0.175. The zero-order valence-corrected chi connectivity index (χ0v) is 8.39. The first-order valence-electron chi connectivity index (χ1n) is 4.21. The second kappa shape index (κ2) is 6.88. The van der Waals surface area contributed by atoms with Gasteiger partial charge in [-0.3, -0.25) is 10.2 Å². The fourth-order valence-corrected chi connectivity index (χ4v) is 0.583. The van der Waals surface area contributed by atoms with Crippen molar-refractivity contribution in [2.45, 2.75) is 13.1 Å². The van der Waals surface area contributed by atoms with Crippen LogP contribution in [-0.4, -0.2) is 38.0 Å². The summed E-state index contributed by atoms with van der Waals surface area (Å²) >= 11 is 0. The molecule has 0 spiro atoms. The number of carbonyl (C=O) groups excluding carboxylic acids is 2. The Morgan fingerprint density at radius 1 is 1.25 bits per heavy atom. The molecule has 0 aromatic carbocycles. The van der Waals surface area contributed by atoms with E-state index in [0.717, 1.165) is 0 Å². The van der Waals surface area contributed by atoms with E-state index >= 15 is 0 Å². The Balaban J connectivity index is 3.56. The number of halogens is 3. The highest BCUT2D eigenvalue weighted by Gasteiger charge is 2.27. The molecule has 0 aliphatic heterocycles. The van der Waals surface area contributed by atoms with Gasteiger partial charge in [-0.1, -0.05) is 0 Å². The molecule has 0 saturated heterocycles. The van der Waals surface area contributed by atoms with Crippen molar-refractivity contribution in [1.82, 2.24) is 10.9 Å². The highest BCUT2D eigenvalue weighted by molar-refractivity contribution is 5.79. The molecule has 0 aliphatic carbocycles. The highest BCUT2D eigenvalue weighted by atomic mass is 19.4. The van der Waals surface area contributed by atoms with E-state index in [-0.39, 0.29) is 6.61 Å². The molecule has 0 aliphatic rings. The number of ether oxygens (including phenoxy) is 2. The fourth-order valence-electron chi connectivity index (χ4n) is 0.583. The molecule has 0 heterocycles. The van der Waals surface area contributed by atoms with Crippen molar-refractivity contribution >= 4 is 12.0 Å². The molecule has 0 unspecified atom stereocenters. The number of alkyl halides is 3. The topological polar surface area (TPSA) is 76.7 Å². The van der Waals surface area contributed by atoms with E-state index in [2.05, 4.69) is 9.47 Å². The Morgan fingerprint density at radius 2 is 1.88 bits per heavy atom. The maximum atomic E-state index is 11.6. The van der Waals surface area contributed by atoms with Gasteiger partial charge in [0, 0.05) is 0 Å². The standard InChI is InChI=1S/C7H11F3N2O4/c1-2-16-6(14)12-11-5(13)3-15-4-7(8,9)10/h2-4H2,1H3,(H,11,13)(H,12,14). The molecule has 0 radical (unpaired) electrons. The Labute approximate surface area is 89.0 Å². The van der Waals surface area contributed by atoms with E-state index in [1.54, 1.807) is 12.3 Å². The number of hydrazine groups is 1. The van der Waals surface area contributed by atoms with Crippen molar-refractivity contribution in [2.75, 3.05) is 19.8 Å². The molecule has 0 atom stereocenters. The Morgan fingerprint density at radius 3 is 2.38 bits per heavy atom. The van der Waals surface area contributed by atoms with Gasteiger partial charge in [-0.15, -0.1) is 0 Å². The van der Waals surface area contributed by atoms with Gasteiger partial charge in [-0.05, 0) is 6.92 Å². The van der Waals surface area contributed by atoms with Gasteiger partial charge >= 0.3 is 12.3 Å². The molecular formula is C7H11F3N2O4. The van der Waals surface area contributed by atoms with Gasteiger partial charge < -0.3 is 9.47 Å². The molecule has 0 aromatic heterocycles. The minimum atomic E-state index is -4.49. The summed E-state index contributed by atoms with van der Waals surface area (Å²) in [5.41, 5.74) is 3.61. The van der Waals surface area contributed by atoms with E-state index < -0.39 is 31.4 Å². The lowest BCUT2D eigenvalue weighted by Gasteiger charge is -2.08. The maximum Gasteiger partial charge on any atom is 0.426 e. The van der Waals surface area contributed by atoms with Crippen LogP contribution in [0.1, 0.15) is 6.92 Å². The molecule has 2 N–H and O–H groups in total. The van der Waals surface area contributed by atoms with Crippen molar-refractivity contribution in [2.24, 2.45) is 0 Å². The average molecular weight is 244 g/mol. The van der Waals surface area contributed by atoms with Gasteiger partial charge in [0.2, 0.25) is 0 Å². The van der Waals surface area contributed by atoms with E-state index in [9.17, 15) is 22.8 Å². The molecule has 0 aromatic rings. The third kappa shape index (κ3) is 9.06. The molecule has 94 valence electrons. The van der Waals surface area contributed by atoms with Gasteiger partial charge in [0.25, 0.3) is 5.91 Å². The molecule has 6 nitrogen and oxygen atoms in total. The van der Waals surface area contributed by atoms with Crippen molar-refractivity contribution in [1.29, 1.82) is 0 Å². The molecule has 0 fully saturated rings. The Hall–Kier alpha value is -1.51. The monoisotopic (exact) mass is 244 g/mol. The van der Waals surface area contributed by atoms with Crippen molar-refractivity contribution < 1.29 is 32.2 Å². The van der Waals surface area contributed by atoms with Crippen LogP contribution in [0.3, 0.4) is 0 Å². The molecule has 0 bridgehead atoms. The lowest BCUT2D eigenvalue weighted by atomic mass is 10.6. The number of hydrogen-bond donors (Lipinski definition) is 2. The molecule has 2 amide bonds. The maximum absolute atomic E-state index is 11.6. The van der Waals surface area contributed by atoms with E-state index in [0.29, 0.717) is 0 Å². The Kier molecular flexibility index (Phi) is 6.23. The number of amides is 2. The summed E-state index contributed by atoms with van der Waals surface area (Å²) in [6, 6.07) is 0. The summed E-state index contributed by atoms with van der Waals surface area (Å²) in [4.78, 5) is 21.4. The van der Waals surface area contributed by atoms with Gasteiger partial charge in [-0.2, -0.15) is 13.2 Å². The SMILES string of the molecule is CCOC(=O)NNC(=O)COCC(F)(F)F. The predicted octanol–water partition coefficient (Wildman–Crippen LogP) is 0.343. The summed E-state index contributed by atoms with van der Waals surface area (Å²) in [6.45, 7) is -0.689. The largest absolute Gasteiger partial charge is 0.449 e. The fraction of sp³-hybridized carbons (Fsp3) is 0.714. The van der Waals surface area contributed by atoms with E-state index in [1.165, 1.54) is 0 Å². The van der Waals surface area contributed by atoms with E-state index in [4.69, 9.17) is 0 Å². The number of rotatable bonds is 4. The van der Waals surface area contributed by atoms with Crippen molar-refractivity contribution in [3.05, 3.63) is 0 Å². The molecule has 0 saturated carbocycles. The summed E-state index contributed by atoms with van der Waals surface area (Å²) < 4.78 is 43.1. The van der Waals surface area contributed by atoms with Crippen molar-refractivity contribution in [3.8, 4) is 0 Å². The van der Waals surface area contributed by atoms with Gasteiger partial charge in [-0.25, -0.2) is 10.2 Å². The summed E-state index contributed by atoms with van der Waals surface area (Å²) in [5, 5.41) is 0. The zero-order chi connectivity index (χ0) is 12.6. The number of nitrogens with one attached hydrogen (secondary N) is 2. The number of hydrogen-bond acceptors (Lipinski definition) is 4. The van der Waals surface area contributed by atoms with Crippen LogP contribution in [0.25, 0.3) is 0 Å². The molecule has 9 heteroatoms. The van der Waals surface area contributed by atoms with Crippen LogP contribution in [0, 0.1) is 0 Å². The molecule has 16 heavy (non-hydrogen) atoms. The minimum Gasteiger partial charge on any atom is -0.449 e. The van der Waals surface area contributed by atoms with Crippen LogP contribution in [0.5, 0.6) is 0 Å². The van der Waals surface area contributed by atoms with Gasteiger partial charge in [0.1, 0.15) is 13.2 Å². The highest BCUT2D eigenvalue weighted by Crippen LogP contribution is 2.13. The van der Waals surface area contributed by atoms with E-state index in [1.807, 2.05) is 5.43 Å². The quantitative estimate of drug-likeness (QED) is 0.699. The summed E-state index contributed by atoms with van der Waals surface area (Å²) in [7, 11) is 0. The van der Waals surface area contributed by atoms with Gasteiger partial charge in [0.15, 0.2) is 0 Å². The van der Waals surface area contributed by atoms with Crippen molar-refractivity contribution in [3.63, 3.8) is 0 Å². The zero-order valence-electron chi connectivity index (χ0n) is 8.39. The lowest BCUT2D eigenvalue weighted by Crippen LogP contribution is -2.43. The normalized spacial score (nSPS) is 10.8. The third-order valence-corrected chi connectivity index (χ3v) is 1.08. The second-order valence-electron chi connectivity index (χ2n) is 2.50. The Bertz CT molecular complexity index is 244. The summed E-state index contributed by atoms with van der Waals surface area (Å²) in [6.07, 6.45) is -5.40.